The van der Waals surface area contributed by atoms with Gasteiger partial charge in [-0.3, -0.25) is 0 Å². The smallest absolute Gasteiger partial charge is 0.0242 e. The summed E-state index contributed by atoms with van der Waals surface area (Å²) in [5.74, 6) is 2.01. The highest BCUT2D eigenvalue weighted by Crippen LogP contribution is 2.57. The van der Waals surface area contributed by atoms with Gasteiger partial charge in [-0.2, -0.15) is 0 Å². The second-order valence-electron chi connectivity index (χ2n) is 3.90. The number of fused-ring (bicyclic) bond motifs is 1. The van der Waals surface area contributed by atoms with E-state index < -0.39 is 0 Å². The second kappa shape index (κ2) is 1.97. The van der Waals surface area contributed by atoms with Gasteiger partial charge < -0.3 is 5.32 Å². The highest BCUT2D eigenvalue weighted by Gasteiger charge is 2.62. The fourth-order valence-corrected chi connectivity index (χ4v) is 2.90. The van der Waals surface area contributed by atoms with Crippen LogP contribution < -0.4 is 5.32 Å². The van der Waals surface area contributed by atoms with Gasteiger partial charge in [0.05, 0.1) is 0 Å². The molecule has 1 saturated carbocycles. The first-order chi connectivity index (χ1) is 4.81. The summed E-state index contributed by atoms with van der Waals surface area (Å²) in [6.45, 7) is 5.96. The maximum absolute atomic E-state index is 3.66. The molecule has 1 nitrogen and oxygen atoms in total. The second-order valence-corrected chi connectivity index (χ2v) is 3.90. The Labute approximate surface area is 63.2 Å². The third kappa shape index (κ3) is 0.619. The van der Waals surface area contributed by atoms with Gasteiger partial charge in [0.1, 0.15) is 0 Å². The number of rotatable bonds is 2. The van der Waals surface area contributed by atoms with Crippen LogP contribution in [0.25, 0.3) is 0 Å². The average Bonchev–Trinajstić information content (AvgIpc) is 2.38. The lowest BCUT2D eigenvalue weighted by Gasteiger charge is -2.13. The minimum absolute atomic E-state index is 0.620. The Morgan fingerprint density at radius 3 is 2.90 bits per heavy atom. The summed E-state index contributed by atoms with van der Waals surface area (Å²) < 4.78 is 0. The molecule has 0 radical (unpaired) electrons. The topological polar surface area (TPSA) is 12.0 Å². The van der Waals surface area contributed by atoms with Gasteiger partial charge >= 0.3 is 0 Å². The highest BCUT2D eigenvalue weighted by atomic mass is 15.1. The zero-order chi connectivity index (χ0) is 7.19. The van der Waals surface area contributed by atoms with Crippen molar-refractivity contribution < 1.29 is 0 Å². The van der Waals surface area contributed by atoms with Crippen LogP contribution in [0.15, 0.2) is 0 Å². The first kappa shape index (κ1) is 6.66. The van der Waals surface area contributed by atoms with Crippen molar-refractivity contribution in [3.8, 4) is 0 Å². The molecular formula is C9H17N. The van der Waals surface area contributed by atoms with Crippen molar-refractivity contribution in [2.24, 2.45) is 11.8 Å². The quantitative estimate of drug-likeness (QED) is 0.615. The van der Waals surface area contributed by atoms with Crippen molar-refractivity contribution in [1.29, 1.82) is 0 Å². The predicted octanol–water partition coefficient (Wildman–Crippen LogP) is 1.78. The van der Waals surface area contributed by atoms with E-state index in [4.69, 9.17) is 0 Å². The Balaban J connectivity index is 2.02. The molecular weight excluding hydrogens is 122 g/mol. The Morgan fingerprint density at radius 2 is 2.40 bits per heavy atom. The number of piperidine rings is 1. The van der Waals surface area contributed by atoms with Gasteiger partial charge in [0, 0.05) is 5.54 Å². The lowest BCUT2D eigenvalue weighted by atomic mass is 10.1. The monoisotopic (exact) mass is 139 g/mol. The van der Waals surface area contributed by atoms with E-state index in [1.807, 2.05) is 0 Å². The summed E-state index contributed by atoms with van der Waals surface area (Å²) in [6.07, 6.45) is 4.17. The molecule has 2 rings (SSSR count). The molecule has 1 aliphatic heterocycles. The van der Waals surface area contributed by atoms with Gasteiger partial charge in [0.2, 0.25) is 0 Å². The standard InChI is InChI=1S/C9H17N/c1-3-5-9-7(2)8(9)4-6-10-9/h7-8,10H,3-6H2,1-2H3. The van der Waals surface area contributed by atoms with E-state index in [2.05, 4.69) is 19.2 Å². The summed E-state index contributed by atoms with van der Waals surface area (Å²) in [6, 6.07) is 0. The van der Waals surface area contributed by atoms with Crippen molar-refractivity contribution >= 4 is 0 Å². The zero-order valence-corrected chi connectivity index (χ0v) is 6.98. The van der Waals surface area contributed by atoms with E-state index in [1.54, 1.807) is 0 Å². The Bertz CT molecular complexity index is 144. The largest absolute Gasteiger partial charge is 0.311 e. The van der Waals surface area contributed by atoms with Crippen LogP contribution in [0.3, 0.4) is 0 Å². The number of nitrogens with one attached hydrogen (secondary N) is 1. The van der Waals surface area contributed by atoms with Gasteiger partial charge in [-0.05, 0) is 31.2 Å². The Morgan fingerprint density at radius 1 is 1.60 bits per heavy atom. The number of hydrogen-bond donors (Lipinski definition) is 1. The fourth-order valence-electron chi connectivity index (χ4n) is 2.90. The van der Waals surface area contributed by atoms with Crippen molar-refractivity contribution in [3.05, 3.63) is 0 Å². The minimum Gasteiger partial charge on any atom is -0.311 e. The Kier molecular flexibility index (Phi) is 1.31. The summed E-state index contributed by atoms with van der Waals surface area (Å²) in [7, 11) is 0. The van der Waals surface area contributed by atoms with Crippen LogP contribution in [0.2, 0.25) is 0 Å². The molecule has 1 heteroatoms. The van der Waals surface area contributed by atoms with Crippen LogP contribution in [0, 0.1) is 11.8 Å². The fraction of sp³-hybridized carbons (Fsp3) is 1.00. The van der Waals surface area contributed by atoms with E-state index >= 15 is 0 Å². The maximum Gasteiger partial charge on any atom is 0.0242 e. The minimum atomic E-state index is 0.620. The van der Waals surface area contributed by atoms with Crippen molar-refractivity contribution in [3.63, 3.8) is 0 Å². The van der Waals surface area contributed by atoms with Crippen LogP contribution in [-0.4, -0.2) is 12.1 Å². The summed E-state index contributed by atoms with van der Waals surface area (Å²) in [5, 5.41) is 3.66. The van der Waals surface area contributed by atoms with E-state index in [0.29, 0.717) is 5.54 Å². The SMILES string of the molecule is CCCC12NCCC1C2C. The molecule has 0 aromatic carbocycles. The molecule has 1 saturated heterocycles. The predicted molar refractivity (Wildman–Crippen MR) is 42.9 cm³/mol. The van der Waals surface area contributed by atoms with Gasteiger partial charge in [0.25, 0.3) is 0 Å². The normalized spacial score (nSPS) is 51.0. The molecule has 3 atom stereocenters. The van der Waals surface area contributed by atoms with Crippen molar-refractivity contribution in [2.45, 2.75) is 38.6 Å². The van der Waals surface area contributed by atoms with Gasteiger partial charge in [-0.25, -0.2) is 0 Å². The van der Waals surface area contributed by atoms with Crippen LogP contribution in [0.1, 0.15) is 33.1 Å². The first-order valence-electron chi connectivity index (χ1n) is 4.56. The maximum atomic E-state index is 3.66. The van der Waals surface area contributed by atoms with E-state index in [9.17, 15) is 0 Å². The molecule has 1 heterocycles. The van der Waals surface area contributed by atoms with E-state index in [0.717, 1.165) is 11.8 Å². The lowest BCUT2D eigenvalue weighted by Crippen LogP contribution is -2.30. The molecule has 0 spiro atoms. The molecule has 0 aromatic rings. The third-order valence-electron chi connectivity index (χ3n) is 3.54. The lowest BCUT2D eigenvalue weighted by molar-refractivity contribution is 0.463. The molecule has 2 fully saturated rings. The van der Waals surface area contributed by atoms with E-state index in [-0.39, 0.29) is 0 Å². The Hall–Kier alpha value is -0.0400. The van der Waals surface area contributed by atoms with Crippen molar-refractivity contribution in [1.82, 2.24) is 5.32 Å². The van der Waals surface area contributed by atoms with E-state index in [1.165, 1.54) is 25.8 Å². The molecule has 58 valence electrons. The summed E-state index contributed by atoms with van der Waals surface area (Å²) >= 11 is 0. The average molecular weight is 139 g/mol. The molecule has 3 unspecified atom stereocenters. The molecule has 0 bridgehead atoms. The van der Waals surface area contributed by atoms with Crippen LogP contribution >= 0.6 is 0 Å². The van der Waals surface area contributed by atoms with Crippen LogP contribution in [0.4, 0.5) is 0 Å². The third-order valence-corrected chi connectivity index (χ3v) is 3.54. The van der Waals surface area contributed by atoms with Gasteiger partial charge in [-0.15, -0.1) is 0 Å². The summed E-state index contributed by atoms with van der Waals surface area (Å²) in [5.41, 5.74) is 0.620. The zero-order valence-electron chi connectivity index (χ0n) is 6.98. The molecule has 0 amide bonds. The summed E-state index contributed by atoms with van der Waals surface area (Å²) in [4.78, 5) is 0. The van der Waals surface area contributed by atoms with Crippen molar-refractivity contribution in [2.75, 3.05) is 6.54 Å². The number of hydrogen-bond acceptors (Lipinski definition) is 1. The van der Waals surface area contributed by atoms with Gasteiger partial charge in [0.15, 0.2) is 0 Å². The molecule has 1 aliphatic carbocycles. The van der Waals surface area contributed by atoms with Crippen LogP contribution in [-0.2, 0) is 0 Å². The molecule has 10 heavy (non-hydrogen) atoms. The highest BCUT2D eigenvalue weighted by molar-refractivity contribution is 5.19. The molecule has 2 aliphatic rings. The van der Waals surface area contributed by atoms with Gasteiger partial charge in [-0.1, -0.05) is 20.3 Å². The first-order valence-corrected chi connectivity index (χ1v) is 4.56. The molecule has 1 N–H and O–H groups in total. The molecule has 0 aromatic heterocycles. The van der Waals surface area contributed by atoms with Crippen LogP contribution in [0.5, 0.6) is 0 Å².